The molecule has 1 heterocycles. The fraction of sp³-hybridized carbons (Fsp3) is 0.167. The molecule has 1 aromatic heterocycles. The molecule has 0 bridgehead atoms. The highest BCUT2D eigenvalue weighted by molar-refractivity contribution is 9.10. The molecule has 0 saturated carbocycles. The molecule has 0 fully saturated rings. The molecule has 1 aromatic carbocycles. The maximum atomic E-state index is 11.6. The highest BCUT2D eigenvalue weighted by Gasteiger charge is 2.11. The monoisotopic (exact) mass is 328 g/mol. The van der Waals surface area contributed by atoms with Gasteiger partial charge < -0.3 is 4.74 Å². The fourth-order valence-electron chi connectivity index (χ4n) is 1.48. The maximum absolute atomic E-state index is 11.6. The predicted octanol–water partition coefficient (Wildman–Crippen LogP) is 3.54. The summed E-state index contributed by atoms with van der Waals surface area (Å²) < 4.78 is 6.33. The van der Waals surface area contributed by atoms with E-state index in [2.05, 4.69) is 26.1 Å². The molecule has 1 N–H and O–H groups in total. The van der Waals surface area contributed by atoms with Crippen LogP contribution in [0.25, 0.3) is 0 Å². The smallest absolute Gasteiger partial charge is 0.285 e. The molecule has 18 heavy (non-hydrogen) atoms. The molecule has 0 radical (unpaired) electrons. The fourth-order valence-corrected chi connectivity index (χ4v) is 2.11. The van der Waals surface area contributed by atoms with E-state index in [9.17, 15) is 4.79 Å². The lowest BCUT2D eigenvalue weighted by molar-refractivity contribution is 0.442. The summed E-state index contributed by atoms with van der Waals surface area (Å²) in [6, 6.07) is 6.92. The molecule has 0 atom stereocenters. The van der Waals surface area contributed by atoms with Crippen LogP contribution in [0.2, 0.25) is 5.15 Å². The number of H-pyrrole nitrogens is 1. The first-order valence-electron chi connectivity index (χ1n) is 5.32. The predicted molar refractivity (Wildman–Crippen MR) is 73.5 cm³/mol. The molecule has 0 saturated heterocycles. The van der Waals surface area contributed by atoms with Gasteiger partial charge in [0, 0.05) is 6.07 Å². The molecule has 94 valence electrons. The van der Waals surface area contributed by atoms with E-state index < -0.39 is 0 Å². The standard InChI is InChI=1S/C12H10BrClN2O2/c1-2-7-4-3-5-8(13)11(7)18-12-9(17)6-10(14)15-16-12/h3-6H,2H2,1H3,(H,15,17). The molecule has 0 aliphatic rings. The highest BCUT2D eigenvalue weighted by Crippen LogP contribution is 2.31. The van der Waals surface area contributed by atoms with Gasteiger partial charge in [0.05, 0.1) is 4.47 Å². The van der Waals surface area contributed by atoms with Crippen LogP contribution >= 0.6 is 27.5 Å². The number of aryl methyl sites for hydroxylation is 1. The van der Waals surface area contributed by atoms with Gasteiger partial charge in [-0.05, 0) is 34.0 Å². The number of ether oxygens (including phenoxy) is 1. The Kier molecular flexibility index (Phi) is 4.04. The number of hydrogen-bond donors (Lipinski definition) is 1. The van der Waals surface area contributed by atoms with Crippen molar-refractivity contribution >= 4 is 27.5 Å². The van der Waals surface area contributed by atoms with Crippen molar-refractivity contribution in [2.45, 2.75) is 13.3 Å². The van der Waals surface area contributed by atoms with Gasteiger partial charge >= 0.3 is 0 Å². The number of aromatic nitrogens is 2. The van der Waals surface area contributed by atoms with Gasteiger partial charge in [-0.1, -0.05) is 30.7 Å². The Labute approximate surface area is 117 Å². The molecule has 0 aliphatic carbocycles. The van der Waals surface area contributed by atoms with Crippen LogP contribution in [0.5, 0.6) is 11.6 Å². The summed E-state index contributed by atoms with van der Waals surface area (Å²) in [6.07, 6.45) is 0.792. The Balaban J connectivity index is 2.43. The topological polar surface area (TPSA) is 55.0 Å². The summed E-state index contributed by atoms with van der Waals surface area (Å²) in [4.78, 5) is 11.6. The first-order chi connectivity index (χ1) is 8.61. The van der Waals surface area contributed by atoms with E-state index in [-0.39, 0.29) is 16.5 Å². The van der Waals surface area contributed by atoms with Crippen LogP contribution in [-0.4, -0.2) is 10.2 Å². The Morgan fingerprint density at radius 3 is 2.94 bits per heavy atom. The van der Waals surface area contributed by atoms with Crippen molar-refractivity contribution in [2.24, 2.45) is 0 Å². The maximum Gasteiger partial charge on any atom is 0.285 e. The Morgan fingerprint density at radius 1 is 1.50 bits per heavy atom. The van der Waals surface area contributed by atoms with Crippen molar-refractivity contribution in [3.8, 4) is 11.6 Å². The molecule has 0 aliphatic heterocycles. The van der Waals surface area contributed by atoms with Crippen LogP contribution in [0.15, 0.2) is 33.5 Å². The zero-order valence-electron chi connectivity index (χ0n) is 9.54. The van der Waals surface area contributed by atoms with Crippen LogP contribution in [0, 0.1) is 0 Å². The lowest BCUT2D eigenvalue weighted by Gasteiger charge is -2.10. The van der Waals surface area contributed by atoms with E-state index in [1.165, 1.54) is 6.07 Å². The molecule has 4 nitrogen and oxygen atoms in total. The summed E-state index contributed by atoms with van der Waals surface area (Å²) in [6.45, 7) is 2.01. The van der Waals surface area contributed by atoms with E-state index >= 15 is 0 Å². The van der Waals surface area contributed by atoms with Crippen LogP contribution < -0.4 is 10.2 Å². The summed E-state index contributed by atoms with van der Waals surface area (Å²) in [5.74, 6) is 0.571. The third-order valence-electron chi connectivity index (χ3n) is 2.36. The molecule has 0 amide bonds. The first-order valence-corrected chi connectivity index (χ1v) is 6.49. The largest absolute Gasteiger partial charge is 0.433 e. The van der Waals surface area contributed by atoms with E-state index in [4.69, 9.17) is 16.3 Å². The number of rotatable bonds is 3. The number of aromatic amines is 1. The van der Waals surface area contributed by atoms with Gasteiger partial charge in [-0.15, -0.1) is 5.10 Å². The van der Waals surface area contributed by atoms with Crippen molar-refractivity contribution in [3.05, 3.63) is 49.7 Å². The number of para-hydroxylation sites is 1. The zero-order chi connectivity index (χ0) is 13.1. The minimum absolute atomic E-state index is 0.0269. The molecule has 2 rings (SSSR count). The second-order valence-electron chi connectivity index (χ2n) is 3.57. The van der Waals surface area contributed by atoms with Crippen molar-refractivity contribution in [3.63, 3.8) is 0 Å². The molecule has 2 aromatic rings. The van der Waals surface area contributed by atoms with Gasteiger partial charge in [-0.3, -0.25) is 9.89 Å². The van der Waals surface area contributed by atoms with E-state index in [1.54, 1.807) is 0 Å². The average Bonchev–Trinajstić information content (AvgIpc) is 2.34. The average molecular weight is 330 g/mol. The van der Waals surface area contributed by atoms with Crippen molar-refractivity contribution in [2.75, 3.05) is 0 Å². The van der Waals surface area contributed by atoms with E-state index in [1.807, 2.05) is 25.1 Å². The minimum atomic E-state index is -0.364. The number of hydrogen-bond acceptors (Lipinski definition) is 3. The lowest BCUT2D eigenvalue weighted by Crippen LogP contribution is -2.08. The Bertz CT molecular complexity index is 628. The number of nitrogens with zero attached hydrogens (tertiary/aromatic N) is 1. The summed E-state index contributed by atoms with van der Waals surface area (Å²) >= 11 is 9.02. The summed E-state index contributed by atoms with van der Waals surface area (Å²) in [7, 11) is 0. The molecule has 0 spiro atoms. The lowest BCUT2D eigenvalue weighted by atomic mass is 10.1. The number of halogens is 2. The molecule has 0 unspecified atom stereocenters. The van der Waals surface area contributed by atoms with Crippen LogP contribution in [0.1, 0.15) is 12.5 Å². The second kappa shape index (κ2) is 5.54. The molecular weight excluding hydrogens is 320 g/mol. The van der Waals surface area contributed by atoms with Crippen LogP contribution in [-0.2, 0) is 6.42 Å². The van der Waals surface area contributed by atoms with Gasteiger partial charge in [0.25, 0.3) is 5.88 Å². The third kappa shape index (κ3) is 2.73. The van der Waals surface area contributed by atoms with Crippen molar-refractivity contribution in [1.82, 2.24) is 10.2 Å². The van der Waals surface area contributed by atoms with Gasteiger partial charge in [0.2, 0.25) is 5.43 Å². The highest BCUT2D eigenvalue weighted by atomic mass is 79.9. The van der Waals surface area contributed by atoms with Gasteiger partial charge in [0.1, 0.15) is 10.9 Å². The SMILES string of the molecule is CCc1cccc(Br)c1Oc1n[nH]c(Cl)cc1=O. The summed E-state index contributed by atoms with van der Waals surface area (Å²) in [5, 5.41) is 6.45. The second-order valence-corrected chi connectivity index (χ2v) is 4.83. The molecule has 6 heteroatoms. The van der Waals surface area contributed by atoms with E-state index in [0.717, 1.165) is 16.5 Å². The van der Waals surface area contributed by atoms with Crippen LogP contribution in [0.4, 0.5) is 0 Å². The quantitative estimate of drug-likeness (QED) is 0.937. The van der Waals surface area contributed by atoms with Crippen LogP contribution in [0.3, 0.4) is 0 Å². The zero-order valence-corrected chi connectivity index (χ0v) is 11.9. The van der Waals surface area contributed by atoms with Crippen molar-refractivity contribution in [1.29, 1.82) is 0 Å². The number of nitrogens with one attached hydrogen (secondary N) is 1. The summed E-state index contributed by atoms with van der Waals surface area (Å²) in [5.41, 5.74) is 0.622. The van der Waals surface area contributed by atoms with Gasteiger partial charge in [0.15, 0.2) is 0 Å². The minimum Gasteiger partial charge on any atom is -0.433 e. The Morgan fingerprint density at radius 2 is 2.28 bits per heavy atom. The first kappa shape index (κ1) is 13.1. The van der Waals surface area contributed by atoms with Gasteiger partial charge in [-0.2, -0.15) is 0 Å². The molecular formula is C12H10BrClN2O2. The van der Waals surface area contributed by atoms with Crippen molar-refractivity contribution < 1.29 is 4.74 Å². The van der Waals surface area contributed by atoms with E-state index in [0.29, 0.717) is 5.75 Å². The normalized spacial score (nSPS) is 10.4. The van der Waals surface area contributed by atoms with Gasteiger partial charge in [-0.25, -0.2) is 0 Å². The third-order valence-corrected chi connectivity index (χ3v) is 3.18. The Hall–Kier alpha value is -1.33. The number of benzene rings is 1.